The van der Waals surface area contributed by atoms with Crippen LogP contribution in [0.5, 0.6) is 0 Å². The Morgan fingerprint density at radius 1 is 1.07 bits per heavy atom. The first kappa shape index (κ1) is 32.3. The quantitative estimate of drug-likeness (QED) is 0.224. The van der Waals surface area contributed by atoms with Gasteiger partial charge in [0.15, 0.2) is 5.82 Å². The van der Waals surface area contributed by atoms with Crippen LogP contribution in [0.2, 0.25) is 35.2 Å². The largest absolute Gasteiger partial charge is 0.345 e. The number of aliphatic imine (C=N–C) groups is 1. The van der Waals surface area contributed by atoms with E-state index < -0.39 is 13.7 Å². The maximum Gasteiger partial charge on any atom is 0.275 e. The van der Waals surface area contributed by atoms with E-state index in [0.717, 1.165) is 44.1 Å². The molecular formula is C32H41Cl2N7O2Si. The average Bonchev–Trinajstić information content (AvgIpc) is 3.58. The fourth-order valence-electron chi connectivity index (χ4n) is 6.53. The Labute approximate surface area is 270 Å². The molecule has 0 bridgehead atoms. The van der Waals surface area contributed by atoms with Gasteiger partial charge in [-0.2, -0.15) is 5.21 Å². The summed E-state index contributed by atoms with van der Waals surface area (Å²) in [5.41, 5.74) is 2.62. The van der Waals surface area contributed by atoms with Gasteiger partial charge in [0.1, 0.15) is 11.4 Å². The van der Waals surface area contributed by atoms with Crippen molar-refractivity contribution in [2.75, 3.05) is 0 Å². The second-order valence-corrected chi connectivity index (χ2v) is 20.0. The number of benzene rings is 2. The maximum absolute atomic E-state index is 14.5. The highest BCUT2D eigenvalue weighted by Crippen LogP contribution is 2.50. The Bertz CT molecular complexity index is 1490. The molecule has 3 aromatic rings. The van der Waals surface area contributed by atoms with Crippen LogP contribution >= 0.6 is 23.2 Å². The molecule has 1 atom stereocenters. The molecule has 1 saturated carbocycles. The molecule has 1 aliphatic heterocycles. The van der Waals surface area contributed by atoms with Gasteiger partial charge in [-0.05, 0) is 85.9 Å². The molecule has 1 fully saturated rings. The number of carbonyl (C=O) groups is 2. The van der Waals surface area contributed by atoms with Gasteiger partial charge in [0.2, 0.25) is 0 Å². The minimum absolute atomic E-state index is 0.0922. The molecule has 2 aliphatic rings. The summed E-state index contributed by atoms with van der Waals surface area (Å²) in [6.07, 6.45) is 5.45. The number of nitrogens with one attached hydrogen (secondary N) is 2. The van der Waals surface area contributed by atoms with Crippen molar-refractivity contribution in [2.24, 2.45) is 10.9 Å². The standard InChI is InChI=1S/C32H41Cl2N7O2Si/c1-20(2)6-11-27(21-7-9-22(10-8-21)30(42)35-19-28-37-39-40-38-28)41-31(43)29(23-16-24(33)18-25(34)17-23)36-32(41)14-12-26(13-15-32)44(3,4)5/h7-10,16-18,20,26-27H,6,11-15,19H2,1-5H3,(H,35,42)(H,37,38,39,40)/t26?,27-,32?/m1/s1. The lowest BCUT2D eigenvalue weighted by molar-refractivity contribution is -0.133. The van der Waals surface area contributed by atoms with Gasteiger partial charge >= 0.3 is 0 Å². The topological polar surface area (TPSA) is 116 Å². The Morgan fingerprint density at radius 2 is 1.73 bits per heavy atom. The van der Waals surface area contributed by atoms with Crippen molar-refractivity contribution >= 4 is 48.8 Å². The molecular weight excluding hydrogens is 613 g/mol. The van der Waals surface area contributed by atoms with Gasteiger partial charge in [-0.15, -0.1) is 10.2 Å². The zero-order valence-electron chi connectivity index (χ0n) is 26.0. The van der Waals surface area contributed by atoms with Gasteiger partial charge in [0, 0.05) is 29.2 Å². The molecule has 44 heavy (non-hydrogen) atoms. The smallest absolute Gasteiger partial charge is 0.275 e. The first-order valence-corrected chi connectivity index (χ1v) is 19.7. The Balaban J connectivity index is 1.49. The monoisotopic (exact) mass is 653 g/mol. The van der Waals surface area contributed by atoms with Crippen LogP contribution in [0.25, 0.3) is 0 Å². The highest BCUT2D eigenvalue weighted by atomic mass is 35.5. The summed E-state index contributed by atoms with van der Waals surface area (Å²) in [5, 5.41) is 17.4. The van der Waals surface area contributed by atoms with Gasteiger partial charge in [0.05, 0.1) is 12.6 Å². The van der Waals surface area contributed by atoms with E-state index in [-0.39, 0.29) is 24.4 Å². The molecule has 12 heteroatoms. The molecule has 2 aromatic carbocycles. The SMILES string of the molecule is CC(C)CC[C@H](c1ccc(C(=O)NCc2nn[nH]n2)cc1)N1C(=O)C(c2cc(Cl)cc(Cl)c2)=NC12CCC([Si](C)(C)C)CC2. The van der Waals surface area contributed by atoms with Crippen molar-refractivity contribution in [2.45, 2.75) is 95.8 Å². The minimum atomic E-state index is -1.36. The zero-order valence-corrected chi connectivity index (χ0v) is 28.5. The van der Waals surface area contributed by atoms with Crippen molar-refractivity contribution < 1.29 is 9.59 Å². The third kappa shape index (κ3) is 7.08. The second kappa shape index (κ2) is 13.1. The maximum atomic E-state index is 14.5. The third-order valence-corrected chi connectivity index (χ3v) is 12.5. The number of rotatable bonds is 10. The molecule has 234 valence electrons. The Hall–Kier alpha value is -3.08. The van der Waals surface area contributed by atoms with Crippen LogP contribution in [0.3, 0.4) is 0 Å². The third-order valence-electron chi connectivity index (χ3n) is 9.02. The zero-order chi connectivity index (χ0) is 31.6. The van der Waals surface area contributed by atoms with Crippen molar-refractivity contribution in [3.63, 3.8) is 0 Å². The second-order valence-electron chi connectivity index (χ2n) is 13.5. The van der Waals surface area contributed by atoms with E-state index in [1.165, 1.54) is 0 Å². The number of carbonyl (C=O) groups excluding carboxylic acids is 2. The van der Waals surface area contributed by atoms with Crippen LogP contribution in [0.4, 0.5) is 0 Å². The number of aromatic amines is 1. The van der Waals surface area contributed by atoms with Gasteiger partial charge in [-0.3, -0.25) is 14.6 Å². The Morgan fingerprint density at radius 3 is 2.30 bits per heavy atom. The number of halogens is 2. The molecule has 1 aromatic heterocycles. The normalized spacial score (nSPS) is 21.2. The molecule has 0 unspecified atom stereocenters. The van der Waals surface area contributed by atoms with E-state index >= 15 is 0 Å². The number of tetrazole rings is 1. The van der Waals surface area contributed by atoms with Crippen LogP contribution in [0.1, 0.15) is 85.7 Å². The van der Waals surface area contributed by atoms with E-state index in [2.05, 4.69) is 64.3 Å². The number of amides is 2. The van der Waals surface area contributed by atoms with E-state index in [4.69, 9.17) is 28.2 Å². The van der Waals surface area contributed by atoms with E-state index in [0.29, 0.717) is 44.2 Å². The van der Waals surface area contributed by atoms with Crippen LogP contribution < -0.4 is 5.32 Å². The summed E-state index contributed by atoms with van der Waals surface area (Å²) in [6, 6.07) is 12.6. The lowest BCUT2D eigenvalue weighted by Crippen LogP contribution is -2.51. The number of hydrogen-bond donors (Lipinski definition) is 2. The summed E-state index contributed by atoms with van der Waals surface area (Å²) in [7, 11) is -1.36. The molecule has 1 aliphatic carbocycles. The molecule has 0 radical (unpaired) electrons. The van der Waals surface area contributed by atoms with Crippen molar-refractivity contribution in [3.05, 3.63) is 75.0 Å². The molecule has 2 N–H and O–H groups in total. The predicted molar refractivity (Wildman–Crippen MR) is 177 cm³/mol. The molecule has 1 spiro atoms. The number of aromatic nitrogens is 4. The van der Waals surface area contributed by atoms with E-state index in [1.807, 2.05) is 24.3 Å². The fourth-order valence-corrected chi connectivity index (χ4v) is 9.08. The highest BCUT2D eigenvalue weighted by molar-refractivity contribution is 6.77. The molecule has 2 heterocycles. The number of H-pyrrole nitrogens is 1. The summed E-state index contributed by atoms with van der Waals surface area (Å²) < 4.78 is 0. The lowest BCUT2D eigenvalue weighted by atomic mass is 9.85. The van der Waals surface area contributed by atoms with Crippen molar-refractivity contribution in [3.8, 4) is 0 Å². The average molecular weight is 655 g/mol. The van der Waals surface area contributed by atoms with Crippen LogP contribution in [0.15, 0.2) is 47.5 Å². The number of hydrogen-bond acceptors (Lipinski definition) is 6. The fraction of sp³-hybridized carbons (Fsp3) is 0.500. The van der Waals surface area contributed by atoms with Gasteiger partial charge in [-0.25, -0.2) is 0 Å². The first-order chi connectivity index (χ1) is 20.9. The van der Waals surface area contributed by atoms with Crippen LogP contribution in [0, 0.1) is 5.92 Å². The van der Waals surface area contributed by atoms with Crippen molar-refractivity contribution in [1.29, 1.82) is 0 Å². The van der Waals surface area contributed by atoms with Crippen LogP contribution in [-0.4, -0.2) is 56.8 Å². The Kier molecular flexibility index (Phi) is 9.63. The lowest BCUT2D eigenvalue weighted by Gasteiger charge is -2.47. The summed E-state index contributed by atoms with van der Waals surface area (Å²) in [4.78, 5) is 34.7. The summed E-state index contributed by atoms with van der Waals surface area (Å²) >= 11 is 12.8. The van der Waals surface area contributed by atoms with Gasteiger partial charge < -0.3 is 10.2 Å². The van der Waals surface area contributed by atoms with Crippen molar-refractivity contribution in [1.82, 2.24) is 30.8 Å². The first-order valence-electron chi connectivity index (χ1n) is 15.4. The predicted octanol–water partition coefficient (Wildman–Crippen LogP) is 7.22. The highest BCUT2D eigenvalue weighted by Gasteiger charge is 2.52. The van der Waals surface area contributed by atoms with Gasteiger partial charge in [-0.1, -0.05) is 74.0 Å². The van der Waals surface area contributed by atoms with Crippen LogP contribution in [-0.2, 0) is 11.3 Å². The number of nitrogens with zero attached hydrogens (tertiary/aromatic N) is 5. The molecule has 0 saturated heterocycles. The summed E-state index contributed by atoms with van der Waals surface area (Å²) in [6.45, 7) is 11.9. The van der Waals surface area contributed by atoms with E-state index in [9.17, 15) is 9.59 Å². The van der Waals surface area contributed by atoms with E-state index in [1.54, 1.807) is 18.2 Å². The summed E-state index contributed by atoms with van der Waals surface area (Å²) in [5.74, 6) is 0.533. The van der Waals surface area contributed by atoms with Gasteiger partial charge in [0.25, 0.3) is 11.8 Å². The molecule has 2 amide bonds. The minimum Gasteiger partial charge on any atom is -0.345 e. The molecule has 5 rings (SSSR count). The molecule has 9 nitrogen and oxygen atoms in total.